The maximum atomic E-state index is 13.9. The second-order valence-electron chi connectivity index (χ2n) is 12.1. The van der Waals surface area contributed by atoms with Crippen molar-refractivity contribution in [3.8, 4) is 11.3 Å². The molecule has 0 N–H and O–H groups in total. The van der Waals surface area contributed by atoms with Gasteiger partial charge in [0.25, 0.3) is 0 Å². The number of aromatic nitrogens is 2. The van der Waals surface area contributed by atoms with Crippen LogP contribution in [0.2, 0.25) is 0 Å². The first-order chi connectivity index (χ1) is 20.6. The fourth-order valence-corrected chi connectivity index (χ4v) is 8.12. The Bertz CT molecular complexity index is 1690. The number of rotatable bonds is 7. The normalized spacial score (nSPS) is 23.7. The van der Waals surface area contributed by atoms with E-state index >= 15 is 0 Å². The summed E-state index contributed by atoms with van der Waals surface area (Å²) in [7, 11) is 1.38. The molecule has 2 saturated heterocycles. The number of alkyl halides is 3. The summed E-state index contributed by atoms with van der Waals surface area (Å²) in [6.07, 6.45) is -0.0876. The summed E-state index contributed by atoms with van der Waals surface area (Å²) in [5, 5.41) is 5.09. The number of carbonyl (C=O) groups is 1. The van der Waals surface area contributed by atoms with Crippen LogP contribution in [0.1, 0.15) is 77.8 Å². The monoisotopic (exact) mass is 611 g/mol. The van der Waals surface area contributed by atoms with Gasteiger partial charge in [-0.05, 0) is 68.7 Å². The van der Waals surface area contributed by atoms with Gasteiger partial charge in [0.15, 0.2) is 5.13 Å². The Morgan fingerprint density at radius 2 is 1.95 bits per heavy atom. The topological polar surface area (TPSA) is 77.7 Å². The van der Waals surface area contributed by atoms with E-state index < -0.39 is 11.7 Å². The van der Waals surface area contributed by atoms with Crippen LogP contribution in [0.5, 0.6) is 0 Å². The van der Waals surface area contributed by atoms with Gasteiger partial charge < -0.3 is 18.9 Å². The molecule has 7 nitrogen and oxygen atoms in total. The maximum Gasteiger partial charge on any atom is 0.417 e. The summed E-state index contributed by atoms with van der Waals surface area (Å²) in [5.41, 5.74) is 2.49. The zero-order chi connectivity index (χ0) is 30.0. The molecule has 4 heterocycles. The Hall–Kier alpha value is -3.44. The van der Waals surface area contributed by atoms with Gasteiger partial charge in [0.1, 0.15) is 11.5 Å². The van der Waals surface area contributed by atoms with E-state index in [2.05, 4.69) is 17.0 Å². The number of hydrogen-bond donors (Lipinski definition) is 0. The number of nitrogens with zero attached hydrogens (tertiary/aromatic N) is 3. The number of ether oxygens (including phenoxy) is 2. The maximum absolute atomic E-state index is 13.9. The first-order valence-electron chi connectivity index (χ1n) is 14.7. The van der Waals surface area contributed by atoms with Crippen LogP contribution in [0.15, 0.2) is 40.9 Å². The molecule has 7 rings (SSSR count). The number of piperidine rings is 1. The summed E-state index contributed by atoms with van der Waals surface area (Å²) in [4.78, 5) is 19.6. The quantitative estimate of drug-likeness (QED) is 0.197. The number of methoxy groups -OCH3 is 1. The summed E-state index contributed by atoms with van der Waals surface area (Å²) in [6, 6.07) is 9.64. The SMILES string of the molecule is COC(=O)c1cc(C)c2nc(N3C4C[C@H](OCc5c(-c6ccccc6C(F)(F)F)noc5C5CC5)CC3[C@H](C)C4)sc2c1. The van der Waals surface area contributed by atoms with Crippen molar-refractivity contribution in [1.29, 1.82) is 0 Å². The summed E-state index contributed by atoms with van der Waals surface area (Å²) >= 11 is 1.59. The molecule has 226 valence electrons. The molecule has 3 fully saturated rings. The van der Waals surface area contributed by atoms with Gasteiger partial charge in [-0.2, -0.15) is 13.2 Å². The Morgan fingerprint density at radius 1 is 1.16 bits per heavy atom. The molecule has 2 aromatic heterocycles. The van der Waals surface area contributed by atoms with Crippen molar-refractivity contribution >= 4 is 32.7 Å². The van der Waals surface area contributed by atoms with E-state index in [0.29, 0.717) is 22.8 Å². The molecule has 2 unspecified atom stereocenters. The molecule has 2 bridgehead atoms. The average molecular weight is 612 g/mol. The summed E-state index contributed by atoms with van der Waals surface area (Å²) in [6.45, 7) is 4.37. The average Bonchev–Trinajstić information content (AvgIpc) is 3.52. The van der Waals surface area contributed by atoms with Crippen molar-refractivity contribution in [1.82, 2.24) is 10.1 Å². The van der Waals surface area contributed by atoms with Gasteiger partial charge in [-0.3, -0.25) is 0 Å². The molecule has 0 radical (unpaired) electrons. The van der Waals surface area contributed by atoms with Crippen molar-refractivity contribution in [3.05, 3.63) is 64.4 Å². The van der Waals surface area contributed by atoms with Gasteiger partial charge in [0, 0.05) is 29.1 Å². The smallest absolute Gasteiger partial charge is 0.417 e. The molecule has 11 heteroatoms. The van der Waals surface area contributed by atoms with Crippen LogP contribution in [-0.2, 0) is 22.3 Å². The standard InChI is InChI=1S/C32H32F3N3O4S/c1-16-11-20-13-21(14-25(16)38(20)31-36-27-17(2)10-19(30(39)40-3)12-26(27)43-31)41-15-23-28(37-42-29(23)18-8-9-18)22-6-4-5-7-24(22)32(33,34)35/h4-7,10,12,16,18,20-21,25H,8-9,11,13-15H2,1-3H3/t16-,20?,21+,25?/m1/s1. The first kappa shape index (κ1) is 28.3. The molecule has 0 amide bonds. The molecular formula is C32H32F3N3O4S. The third-order valence-corrected chi connectivity index (χ3v) is 10.1. The van der Waals surface area contributed by atoms with E-state index in [-0.39, 0.29) is 47.9 Å². The van der Waals surface area contributed by atoms with Crippen LogP contribution in [0, 0.1) is 12.8 Å². The van der Waals surface area contributed by atoms with E-state index in [4.69, 9.17) is 19.0 Å². The van der Waals surface area contributed by atoms with Gasteiger partial charge in [-0.1, -0.05) is 41.6 Å². The highest BCUT2D eigenvalue weighted by molar-refractivity contribution is 7.22. The van der Waals surface area contributed by atoms with Crippen LogP contribution in [-0.4, -0.2) is 41.4 Å². The zero-order valence-corrected chi connectivity index (χ0v) is 24.9. The van der Waals surface area contributed by atoms with E-state index in [9.17, 15) is 18.0 Å². The largest absolute Gasteiger partial charge is 0.465 e. The fraction of sp³-hybridized carbons (Fsp3) is 0.469. The Labute approximate surface area is 251 Å². The molecule has 1 saturated carbocycles. The predicted molar refractivity (Wildman–Crippen MR) is 156 cm³/mol. The lowest BCUT2D eigenvalue weighted by molar-refractivity contribution is -0.137. The van der Waals surface area contributed by atoms with E-state index in [1.165, 1.54) is 19.2 Å². The van der Waals surface area contributed by atoms with Gasteiger partial charge in [0.05, 0.1) is 41.2 Å². The number of anilines is 1. The summed E-state index contributed by atoms with van der Waals surface area (Å²) in [5.74, 6) is 0.897. The van der Waals surface area contributed by atoms with Gasteiger partial charge in [-0.15, -0.1) is 0 Å². The lowest BCUT2D eigenvalue weighted by atomic mass is 9.97. The highest BCUT2D eigenvalue weighted by Crippen LogP contribution is 2.48. The highest BCUT2D eigenvalue weighted by atomic mass is 32.1. The minimum Gasteiger partial charge on any atom is -0.465 e. The number of fused-ring (bicyclic) bond motifs is 3. The van der Waals surface area contributed by atoms with Crippen LogP contribution in [0.3, 0.4) is 0 Å². The molecule has 1 aliphatic carbocycles. The van der Waals surface area contributed by atoms with E-state index in [1.54, 1.807) is 17.4 Å². The Kier molecular flexibility index (Phi) is 7.00. The second-order valence-corrected chi connectivity index (χ2v) is 13.1. The molecule has 4 atom stereocenters. The van der Waals surface area contributed by atoms with Crippen molar-refractivity contribution < 1.29 is 32.0 Å². The van der Waals surface area contributed by atoms with Gasteiger partial charge in [0.2, 0.25) is 0 Å². The van der Waals surface area contributed by atoms with Crippen LogP contribution in [0.4, 0.5) is 18.3 Å². The van der Waals surface area contributed by atoms with Crippen molar-refractivity contribution in [2.24, 2.45) is 5.92 Å². The third-order valence-electron chi connectivity index (χ3n) is 9.12. The first-order valence-corrected chi connectivity index (χ1v) is 15.5. The number of hydrogen-bond acceptors (Lipinski definition) is 8. The van der Waals surface area contributed by atoms with Crippen LogP contribution < -0.4 is 4.90 Å². The van der Waals surface area contributed by atoms with Gasteiger partial charge in [-0.25, -0.2) is 9.78 Å². The number of halogens is 3. The lowest BCUT2D eigenvalue weighted by Gasteiger charge is -2.39. The van der Waals surface area contributed by atoms with E-state index in [0.717, 1.165) is 59.1 Å². The van der Waals surface area contributed by atoms with Crippen LogP contribution >= 0.6 is 11.3 Å². The minimum atomic E-state index is -4.50. The number of aryl methyl sites for hydroxylation is 1. The van der Waals surface area contributed by atoms with Crippen molar-refractivity contribution in [2.45, 2.75) is 82.8 Å². The van der Waals surface area contributed by atoms with Gasteiger partial charge >= 0.3 is 12.1 Å². The lowest BCUT2D eigenvalue weighted by Crippen LogP contribution is -2.46. The highest BCUT2D eigenvalue weighted by Gasteiger charge is 2.47. The fourth-order valence-electron chi connectivity index (χ4n) is 6.91. The molecule has 2 aromatic carbocycles. The minimum absolute atomic E-state index is 0.0225. The van der Waals surface area contributed by atoms with E-state index in [1.807, 2.05) is 19.1 Å². The van der Waals surface area contributed by atoms with Crippen molar-refractivity contribution in [3.63, 3.8) is 0 Å². The Morgan fingerprint density at radius 3 is 2.67 bits per heavy atom. The van der Waals surface area contributed by atoms with Crippen LogP contribution in [0.25, 0.3) is 21.5 Å². The molecule has 43 heavy (non-hydrogen) atoms. The number of carbonyl (C=O) groups excluding carboxylic acids is 1. The third kappa shape index (κ3) is 5.10. The van der Waals surface area contributed by atoms with Crippen molar-refractivity contribution in [2.75, 3.05) is 12.0 Å². The number of esters is 1. The Balaban J connectivity index is 1.13. The zero-order valence-electron chi connectivity index (χ0n) is 24.1. The number of benzene rings is 2. The molecule has 2 aliphatic heterocycles. The number of thiazole rings is 1. The molecule has 3 aliphatic rings. The second kappa shape index (κ2) is 10.6. The predicted octanol–water partition coefficient (Wildman–Crippen LogP) is 7.91. The summed E-state index contributed by atoms with van der Waals surface area (Å²) < 4.78 is 59.6. The molecular weight excluding hydrogens is 579 g/mol. The molecule has 0 spiro atoms. The molecule has 4 aromatic rings.